The number of nitrogens with one attached hydrogen (secondary N) is 2. The van der Waals surface area contributed by atoms with Gasteiger partial charge >= 0.3 is 0 Å². The zero-order chi connectivity index (χ0) is 16.5. The molecule has 128 valence electrons. The first-order chi connectivity index (χ1) is 11.1. The number of hydrogen-bond acceptors (Lipinski definition) is 4. The summed E-state index contributed by atoms with van der Waals surface area (Å²) in [7, 11) is 4.06. The molecule has 0 atom stereocenters. The van der Waals surface area contributed by atoms with E-state index in [0.29, 0.717) is 18.3 Å². The van der Waals surface area contributed by atoms with Crippen molar-refractivity contribution in [3.63, 3.8) is 0 Å². The second kappa shape index (κ2) is 9.50. The van der Waals surface area contributed by atoms with Gasteiger partial charge in [0, 0.05) is 12.6 Å². The highest BCUT2D eigenvalue weighted by molar-refractivity contribution is 5.92. The number of amides is 1. The van der Waals surface area contributed by atoms with E-state index in [1.54, 1.807) is 12.3 Å². The summed E-state index contributed by atoms with van der Waals surface area (Å²) in [5.41, 5.74) is 1.50. The SMILES string of the molecule is CN(C)CCCNC(=O)c1ccc(NC2CCCCCC2)cn1. The second-order valence-electron chi connectivity index (χ2n) is 6.68. The van der Waals surface area contributed by atoms with Crippen LogP contribution in [-0.2, 0) is 0 Å². The first-order valence-corrected chi connectivity index (χ1v) is 8.80. The van der Waals surface area contributed by atoms with Crippen molar-refractivity contribution in [2.75, 3.05) is 32.5 Å². The molecular formula is C18H30N4O. The molecule has 2 rings (SSSR count). The minimum Gasteiger partial charge on any atom is -0.381 e. The molecular weight excluding hydrogens is 288 g/mol. The van der Waals surface area contributed by atoms with Gasteiger partial charge in [0.05, 0.1) is 11.9 Å². The lowest BCUT2D eigenvalue weighted by molar-refractivity contribution is 0.0947. The highest BCUT2D eigenvalue weighted by Crippen LogP contribution is 2.20. The van der Waals surface area contributed by atoms with Crippen LogP contribution < -0.4 is 10.6 Å². The molecule has 5 heteroatoms. The van der Waals surface area contributed by atoms with Crippen LogP contribution in [0.4, 0.5) is 5.69 Å². The largest absolute Gasteiger partial charge is 0.381 e. The molecule has 2 N–H and O–H groups in total. The highest BCUT2D eigenvalue weighted by atomic mass is 16.1. The van der Waals surface area contributed by atoms with Crippen LogP contribution in [0.5, 0.6) is 0 Å². The summed E-state index contributed by atoms with van der Waals surface area (Å²) in [5, 5.41) is 6.47. The van der Waals surface area contributed by atoms with Gasteiger partial charge in [-0.3, -0.25) is 4.79 Å². The van der Waals surface area contributed by atoms with E-state index in [9.17, 15) is 4.79 Å². The van der Waals surface area contributed by atoms with Crippen LogP contribution in [0.3, 0.4) is 0 Å². The standard InChI is InChI=1S/C18H30N4O/c1-22(2)13-7-12-19-18(23)17-11-10-16(14-20-17)21-15-8-5-3-4-6-9-15/h10-11,14-15,21H,3-9,12-13H2,1-2H3,(H,19,23). The fourth-order valence-corrected chi connectivity index (χ4v) is 2.96. The molecule has 1 amide bonds. The monoisotopic (exact) mass is 318 g/mol. The average Bonchev–Trinajstić information content (AvgIpc) is 2.80. The van der Waals surface area contributed by atoms with Gasteiger partial charge in [0.25, 0.3) is 5.91 Å². The Morgan fingerprint density at radius 1 is 1.22 bits per heavy atom. The van der Waals surface area contributed by atoms with Gasteiger partial charge in [-0.05, 0) is 52.0 Å². The fraction of sp³-hybridized carbons (Fsp3) is 0.667. The number of hydrogen-bond donors (Lipinski definition) is 2. The summed E-state index contributed by atoms with van der Waals surface area (Å²) in [6.07, 6.45) is 10.5. The molecule has 1 saturated carbocycles. The first-order valence-electron chi connectivity index (χ1n) is 8.80. The third-order valence-electron chi connectivity index (χ3n) is 4.29. The number of rotatable bonds is 7. The Morgan fingerprint density at radius 2 is 1.96 bits per heavy atom. The molecule has 1 aliphatic carbocycles. The summed E-state index contributed by atoms with van der Waals surface area (Å²) >= 11 is 0. The predicted molar refractivity (Wildman–Crippen MR) is 94.9 cm³/mol. The van der Waals surface area contributed by atoms with Gasteiger partial charge in [-0.1, -0.05) is 25.7 Å². The van der Waals surface area contributed by atoms with Crippen molar-refractivity contribution in [3.05, 3.63) is 24.0 Å². The van der Waals surface area contributed by atoms with Crippen molar-refractivity contribution in [1.82, 2.24) is 15.2 Å². The molecule has 5 nitrogen and oxygen atoms in total. The first kappa shape index (κ1) is 17.7. The zero-order valence-corrected chi connectivity index (χ0v) is 14.5. The lowest BCUT2D eigenvalue weighted by atomic mass is 10.1. The van der Waals surface area contributed by atoms with Gasteiger partial charge < -0.3 is 15.5 Å². The summed E-state index contributed by atoms with van der Waals surface area (Å²) in [6, 6.07) is 4.32. The zero-order valence-electron chi connectivity index (χ0n) is 14.5. The molecule has 1 aromatic heterocycles. The van der Waals surface area contributed by atoms with E-state index in [4.69, 9.17) is 0 Å². The Morgan fingerprint density at radius 3 is 2.57 bits per heavy atom. The molecule has 0 spiro atoms. The molecule has 0 aromatic carbocycles. The number of nitrogens with zero attached hydrogens (tertiary/aromatic N) is 2. The van der Waals surface area contributed by atoms with Crippen LogP contribution >= 0.6 is 0 Å². The van der Waals surface area contributed by atoms with E-state index < -0.39 is 0 Å². The molecule has 0 aliphatic heterocycles. The van der Waals surface area contributed by atoms with Gasteiger partial charge in [-0.2, -0.15) is 0 Å². The van der Waals surface area contributed by atoms with Gasteiger partial charge in [-0.15, -0.1) is 0 Å². The van der Waals surface area contributed by atoms with E-state index in [1.807, 2.05) is 20.2 Å². The van der Waals surface area contributed by atoms with Crippen molar-refractivity contribution in [1.29, 1.82) is 0 Å². The third kappa shape index (κ3) is 6.57. The van der Waals surface area contributed by atoms with Gasteiger partial charge in [0.1, 0.15) is 5.69 Å². The maximum atomic E-state index is 12.0. The number of aromatic nitrogens is 1. The third-order valence-corrected chi connectivity index (χ3v) is 4.29. The summed E-state index contributed by atoms with van der Waals surface area (Å²) < 4.78 is 0. The number of carbonyl (C=O) groups excluding carboxylic acids is 1. The molecule has 0 bridgehead atoms. The smallest absolute Gasteiger partial charge is 0.269 e. The molecule has 23 heavy (non-hydrogen) atoms. The fourth-order valence-electron chi connectivity index (χ4n) is 2.96. The summed E-state index contributed by atoms with van der Waals surface area (Å²) in [6.45, 7) is 1.65. The minimum atomic E-state index is -0.0928. The van der Waals surface area contributed by atoms with Crippen molar-refractivity contribution in [3.8, 4) is 0 Å². The molecule has 1 fully saturated rings. The Balaban J connectivity index is 1.77. The van der Waals surface area contributed by atoms with Crippen molar-refractivity contribution < 1.29 is 4.79 Å². The van der Waals surface area contributed by atoms with Crippen LogP contribution in [-0.4, -0.2) is 49.0 Å². The van der Waals surface area contributed by atoms with Crippen LogP contribution in [0.1, 0.15) is 55.4 Å². The lowest BCUT2D eigenvalue weighted by Gasteiger charge is -2.17. The molecule has 1 heterocycles. The number of anilines is 1. The van der Waals surface area contributed by atoms with Crippen molar-refractivity contribution in [2.45, 2.75) is 51.0 Å². The van der Waals surface area contributed by atoms with Crippen LogP contribution in [0.2, 0.25) is 0 Å². The van der Waals surface area contributed by atoms with Crippen LogP contribution in [0.25, 0.3) is 0 Å². The van der Waals surface area contributed by atoms with E-state index in [1.165, 1.54) is 38.5 Å². The lowest BCUT2D eigenvalue weighted by Crippen LogP contribution is -2.27. The highest BCUT2D eigenvalue weighted by Gasteiger charge is 2.12. The average molecular weight is 318 g/mol. The minimum absolute atomic E-state index is 0.0928. The van der Waals surface area contributed by atoms with Gasteiger partial charge in [0.15, 0.2) is 0 Å². The Hall–Kier alpha value is -1.62. The van der Waals surface area contributed by atoms with E-state index in [2.05, 4.69) is 20.5 Å². The maximum Gasteiger partial charge on any atom is 0.269 e. The quantitative estimate of drug-likeness (QED) is 0.599. The van der Waals surface area contributed by atoms with E-state index in [-0.39, 0.29) is 5.91 Å². The van der Waals surface area contributed by atoms with E-state index >= 15 is 0 Å². The number of carbonyl (C=O) groups is 1. The van der Waals surface area contributed by atoms with Crippen LogP contribution in [0.15, 0.2) is 18.3 Å². The Bertz CT molecular complexity index is 464. The molecule has 0 saturated heterocycles. The van der Waals surface area contributed by atoms with Gasteiger partial charge in [0.2, 0.25) is 0 Å². The van der Waals surface area contributed by atoms with Gasteiger partial charge in [-0.25, -0.2) is 4.98 Å². The normalized spacial score (nSPS) is 16.1. The van der Waals surface area contributed by atoms with Crippen LogP contribution in [0, 0.1) is 0 Å². The molecule has 0 unspecified atom stereocenters. The van der Waals surface area contributed by atoms with E-state index in [0.717, 1.165) is 18.7 Å². The molecule has 1 aromatic rings. The number of pyridine rings is 1. The second-order valence-corrected chi connectivity index (χ2v) is 6.68. The molecule has 0 radical (unpaired) electrons. The van der Waals surface area contributed by atoms with Crippen molar-refractivity contribution in [2.24, 2.45) is 0 Å². The Labute approximate surface area is 139 Å². The topological polar surface area (TPSA) is 57.3 Å². The predicted octanol–water partition coefficient (Wildman–Crippen LogP) is 2.90. The summed E-state index contributed by atoms with van der Waals surface area (Å²) in [4.78, 5) is 18.4. The maximum absolute atomic E-state index is 12.0. The molecule has 1 aliphatic rings. The Kier molecular flexibility index (Phi) is 7.33. The van der Waals surface area contributed by atoms with Crippen molar-refractivity contribution >= 4 is 11.6 Å². The summed E-state index contributed by atoms with van der Waals surface area (Å²) in [5.74, 6) is -0.0928.